The molecule has 1 aliphatic heterocycles. The number of benzene rings is 1. The fourth-order valence-electron chi connectivity index (χ4n) is 4.26. The summed E-state index contributed by atoms with van der Waals surface area (Å²) in [5.41, 5.74) is 6.28. The van der Waals surface area contributed by atoms with E-state index in [0.717, 1.165) is 44.0 Å². The highest BCUT2D eigenvalue weighted by Crippen LogP contribution is 2.28. The molecule has 4 heteroatoms. The van der Waals surface area contributed by atoms with Crippen LogP contribution in [0.3, 0.4) is 0 Å². The highest BCUT2D eigenvalue weighted by Gasteiger charge is 2.23. The molecule has 4 rings (SSSR count). The third kappa shape index (κ3) is 5.27. The summed E-state index contributed by atoms with van der Waals surface area (Å²) in [4.78, 5) is 16.3. The largest absolute Gasteiger partial charge is 0.298 e. The topological polar surface area (TPSA) is 41.9 Å². The fourth-order valence-corrected chi connectivity index (χ4v) is 4.26. The van der Waals surface area contributed by atoms with Gasteiger partial charge in [0.15, 0.2) is 0 Å². The minimum atomic E-state index is 0.494. The molecule has 0 amide bonds. The third-order valence-electron chi connectivity index (χ3n) is 5.69. The lowest BCUT2D eigenvalue weighted by Crippen LogP contribution is -2.34. The fraction of sp³-hybridized carbons (Fsp3) is 0.400. The minimum Gasteiger partial charge on any atom is -0.298 e. The van der Waals surface area contributed by atoms with Crippen molar-refractivity contribution >= 4 is 0 Å². The molecule has 1 aromatic carbocycles. The Labute approximate surface area is 174 Å². The Morgan fingerprint density at radius 1 is 1.00 bits per heavy atom. The van der Waals surface area contributed by atoms with E-state index >= 15 is 0 Å². The number of pyridine rings is 1. The second-order valence-corrected chi connectivity index (χ2v) is 8.14. The van der Waals surface area contributed by atoms with E-state index in [2.05, 4.69) is 71.2 Å². The minimum absolute atomic E-state index is 0.494. The summed E-state index contributed by atoms with van der Waals surface area (Å²) in [7, 11) is 0. The van der Waals surface area contributed by atoms with Crippen LogP contribution in [0, 0.1) is 6.92 Å². The first-order valence-electron chi connectivity index (χ1n) is 10.7. The van der Waals surface area contributed by atoms with Gasteiger partial charge in [-0.3, -0.25) is 9.88 Å². The van der Waals surface area contributed by atoms with Crippen LogP contribution < -0.4 is 0 Å². The number of aryl methyl sites for hydroxylation is 2. The smallest absolute Gasteiger partial charge is 0.127 e. The van der Waals surface area contributed by atoms with Gasteiger partial charge in [-0.25, -0.2) is 9.97 Å². The van der Waals surface area contributed by atoms with Crippen LogP contribution in [0.15, 0.2) is 54.9 Å². The third-order valence-corrected chi connectivity index (χ3v) is 5.69. The molecule has 4 nitrogen and oxygen atoms in total. The monoisotopic (exact) mass is 386 g/mol. The van der Waals surface area contributed by atoms with E-state index in [1.54, 1.807) is 0 Å². The highest BCUT2D eigenvalue weighted by atomic mass is 15.1. The van der Waals surface area contributed by atoms with Crippen molar-refractivity contribution in [1.82, 2.24) is 19.9 Å². The van der Waals surface area contributed by atoms with E-state index < -0.39 is 0 Å². The first-order chi connectivity index (χ1) is 14.2. The van der Waals surface area contributed by atoms with Crippen LogP contribution in [0.25, 0.3) is 0 Å². The second kappa shape index (κ2) is 9.27. The Kier molecular flexibility index (Phi) is 6.30. The molecule has 3 heterocycles. The molecule has 1 aliphatic rings. The number of rotatable bonds is 6. The van der Waals surface area contributed by atoms with Crippen LogP contribution in [0.1, 0.15) is 59.6 Å². The van der Waals surface area contributed by atoms with E-state index in [1.807, 2.05) is 12.4 Å². The van der Waals surface area contributed by atoms with Gasteiger partial charge in [0.25, 0.3) is 0 Å². The Hall–Kier alpha value is -2.59. The first-order valence-corrected chi connectivity index (χ1v) is 10.7. The molecule has 0 spiro atoms. The zero-order chi connectivity index (χ0) is 20.1. The molecule has 29 heavy (non-hydrogen) atoms. The molecule has 2 aromatic heterocycles. The highest BCUT2D eigenvalue weighted by molar-refractivity contribution is 5.30. The predicted molar refractivity (Wildman–Crippen MR) is 117 cm³/mol. The summed E-state index contributed by atoms with van der Waals surface area (Å²) in [5.74, 6) is 1.41. The Bertz CT molecular complexity index is 921. The van der Waals surface area contributed by atoms with Gasteiger partial charge in [0, 0.05) is 54.8 Å². The number of hydrogen-bond acceptors (Lipinski definition) is 4. The zero-order valence-electron chi connectivity index (χ0n) is 17.5. The molecule has 1 fully saturated rings. The summed E-state index contributed by atoms with van der Waals surface area (Å²) in [5, 5.41) is 0. The SMILES string of the molecule is CCc1ncc(CN2CCC[C@H](c3cc(Cc4ccccc4)cc(C)n3)C2)cn1. The zero-order valence-corrected chi connectivity index (χ0v) is 17.5. The lowest BCUT2D eigenvalue weighted by Gasteiger charge is -2.32. The van der Waals surface area contributed by atoms with Gasteiger partial charge in [-0.2, -0.15) is 0 Å². The lowest BCUT2D eigenvalue weighted by molar-refractivity contribution is 0.198. The summed E-state index contributed by atoms with van der Waals surface area (Å²) in [6, 6.07) is 15.2. The predicted octanol–water partition coefficient (Wildman–Crippen LogP) is 4.71. The quantitative estimate of drug-likeness (QED) is 0.615. The van der Waals surface area contributed by atoms with Crippen LogP contribution in [0.2, 0.25) is 0 Å². The molecule has 3 aromatic rings. The van der Waals surface area contributed by atoms with Crippen LogP contribution >= 0.6 is 0 Å². The number of nitrogens with zero attached hydrogens (tertiary/aromatic N) is 4. The molecule has 1 atom stereocenters. The lowest BCUT2D eigenvalue weighted by atomic mass is 9.92. The maximum atomic E-state index is 4.91. The molecule has 150 valence electrons. The van der Waals surface area contributed by atoms with Gasteiger partial charge in [-0.05, 0) is 56.0 Å². The number of likely N-dealkylation sites (tertiary alicyclic amines) is 1. The molecule has 0 radical (unpaired) electrons. The van der Waals surface area contributed by atoms with E-state index in [4.69, 9.17) is 4.98 Å². The Morgan fingerprint density at radius 2 is 1.79 bits per heavy atom. The number of aromatic nitrogens is 3. The maximum absolute atomic E-state index is 4.91. The standard InChI is InChI=1S/C25H30N4/c1-3-25-26-15-22(16-27-25)17-29-11-7-10-23(18-29)24-14-21(12-19(2)28-24)13-20-8-5-4-6-9-20/h4-6,8-9,12,14-16,23H,3,7,10-11,13,17-18H2,1-2H3/t23-/m0/s1. The van der Waals surface area contributed by atoms with Crippen molar-refractivity contribution in [3.05, 3.63) is 88.8 Å². The van der Waals surface area contributed by atoms with Gasteiger partial charge in [0.1, 0.15) is 5.82 Å². The Morgan fingerprint density at radius 3 is 2.55 bits per heavy atom. The van der Waals surface area contributed by atoms with Crippen molar-refractivity contribution in [2.24, 2.45) is 0 Å². The van der Waals surface area contributed by atoms with Gasteiger partial charge in [-0.15, -0.1) is 0 Å². The van der Waals surface area contributed by atoms with E-state index in [0.29, 0.717) is 5.92 Å². The molecule has 1 saturated heterocycles. The first kappa shape index (κ1) is 19.7. The summed E-state index contributed by atoms with van der Waals surface area (Å²) in [6.07, 6.45) is 8.24. The van der Waals surface area contributed by atoms with E-state index in [-0.39, 0.29) is 0 Å². The van der Waals surface area contributed by atoms with E-state index in [9.17, 15) is 0 Å². The molecular weight excluding hydrogens is 356 g/mol. The summed E-state index contributed by atoms with van der Waals surface area (Å²) >= 11 is 0. The summed E-state index contributed by atoms with van der Waals surface area (Å²) < 4.78 is 0. The van der Waals surface area contributed by atoms with Crippen LogP contribution in [-0.4, -0.2) is 32.9 Å². The van der Waals surface area contributed by atoms with Gasteiger partial charge >= 0.3 is 0 Å². The van der Waals surface area contributed by atoms with Crippen molar-refractivity contribution < 1.29 is 0 Å². The van der Waals surface area contributed by atoms with Crippen molar-refractivity contribution in [3.63, 3.8) is 0 Å². The van der Waals surface area contributed by atoms with Crippen molar-refractivity contribution in [2.45, 2.75) is 52.0 Å². The average molecular weight is 387 g/mol. The maximum Gasteiger partial charge on any atom is 0.127 e. The van der Waals surface area contributed by atoms with Crippen LogP contribution in [0.5, 0.6) is 0 Å². The molecular formula is C25H30N4. The van der Waals surface area contributed by atoms with Crippen LogP contribution in [0.4, 0.5) is 0 Å². The molecule has 0 bridgehead atoms. The van der Waals surface area contributed by atoms with Gasteiger partial charge in [-0.1, -0.05) is 37.3 Å². The van der Waals surface area contributed by atoms with Crippen molar-refractivity contribution in [1.29, 1.82) is 0 Å². The van der Waals surface area contributed by atoms with Gasteiger partial charge in [0.2, 0.25) is 0 Å². The average Bonchev–Trinajstić information content (AvgIpc) is 2.75. The molecule has 0 saturated carbocycles. The van der Waals surface area contributed by atoms with Crippen molar-refractivity contribution in [3.8, 4) is 0 Å². The number of piperidine rings is 1. The Balaban J connectivity index is 1.45. The van der Waals surface area contributed by atoms with E-state index in [1.165, 1.54) is 35.2 Å². The van der Waals surface area contributed by atoms with Crippen molar-refractivity contribution in [2.75, 3.05) is 13.1 Å². The normalized spacial score (nSPS) is 17.4. The molecule has 0 N–H and O–H groups in total. The van der Waals surface area contributed by atoms with Gasteiger partial charge < -0.3 is 0 Å². The molecule has 0 aliphatic carbocycles. The number of hydrogen-bond donors (Lipinski definition) is 0. The van der Waals surface area contributed by atoms with Crippen LogP contribution in [-0.2, 0) is 19.4 Å². The molecule has 0 unspecified atom stereocenters. The summed E-state index contributed by atoms with van der Waals surface area (Å²) in [6.45, 7) is 7.31. The van der Waals surface area contributed by atoms with Gasteiger partial charge in [0.05, 0.1) is 0 Å². The second-order valence-electron chi connectivity index (χ2n) is 8.14.